The van der Waals surface area contributed by atoms with Crippen molar-refractivity contribution in [3.8, 4) is 5.75 Å². The number of hydrogen-bond donors (Lipinski definition) is 0. The Hall–Kier alpha value is -0.980. The molecule has 0 spiro atoms. The molecule has 0 radical (unpaired) electrons. The molecule has 0 fully saturated rings. The molecule has 0 amide bonds. The van der Waals surface area contributed by atoms with Gasteiger partial charge in [0.05, 0.1) is 6.61 Å². The van der Waals surface area contributed by atoms with E-state index in [1.165, 1.54) is 12.0 Å². The molecular weight excluding hydrogens is 184 g/mol. The smallest absolute Gasteiger partial charge is 0.122 e. The molecule has 1 aromatic rings. The molecule has 0 aliphatic carbocycles. The highest BCUT2D eigenvalue weighted by molar-refractivity contribution is 5.33. The summed E-state index contributed by atoms with van der Waals surface area (Å²) < 4.78 is 5.60. The highest BCUT2D eigenvalue weighted by Crippen LogP contribution is 2.25. The summed E-state index contributed by atoms with van der Waals surface area (Å²) >= 11 is 0. The van der Waals surface area contributed by atoms with E-state index in [9.17, 15) is 0 Å². The minimum Gasteiger partial charge on any atom is -0.494 e. The highest BCUT2D eigenvalue weighted by atomic mass is 16.5. The number of hydrogen-bond acceptors (Lipinski definition) is 1. The van der Waals surface area contributed by atoms with Crippen molar-refractivity contribution in [3.63, 3.8) is 0 Å². The second-order valence-corrected chi connectivity index (χ2v) is 5.10. The maximum Gasteiger partial charge on any atom is 0.122 e. The number of rotatable bonds is 4. The van der Waals surface area contributed by atoms with Crippen molar-refractivity contribution < 1.29 is 4.74 Å². The van der Waals surface area contributed by atoms with E-state index in [0.29, 0.717) is 5.41 Å². The minimum atomic E-state index is 0.388. The Balaban J connectivity index is 2.67. The predicted molar refractivity (Wildman–Crippen MR) is 65.4 cm³/mol. The second kappa shape index (κ2) is 5.20. The zero-order valence-electron chi connectivity index (χ0n) is 10.3. The molecule has 84 valence electrons. The van der Waals surface area contributed by atoms with Crippen molar-refractivity contribution in [2.24, 2.45) is 5.41 Å². The molecule has 0 saturated carbocycles. The van der Waals surface area contributed by atoms with Crippen molar-refractivity contribution in [3.05, 3.63) is 29.8 Å². The van der Waals surface area contributed by atoms with Gasteiger partial charge in [-0.25, -0.2) is 0 Å². The van der Waals surface area contributed by atoms with Gasteiger partial charge in [0, 0.05) is 0 Å². The van der Waals surface area contributed by atoms with Crippen LogP contribution in [0, 0.1) is 5.41 Å². The Bertz CT molecular complexity index is 296. The van der Waals surface area contributed by atoms with E-state index < -0.39 is 0 Å². The Morgan fingerprint density at radius 2 is 1.80 bits per heavy atom. The van der Waals surface area contributed by atoms with Gasteiger partial charge in [-0.3, -0.25) is 0 Å². The first kappa shape index (κ1) is 12.1. The monoisotopic (exact) mass is 206 g/mol. The maximum atomic E-state index is 5.60. The summed E-state index contributed by atoms with van der Waals surface area (Å²) in [5.74, 6) is 1.05. The summed E-state index contributed by atoms with van der Waals surface area (Å²) in [5.41, 5.74) is 1.72. The number of para-hydroxylation sites is 1. The lowest BCUT2D eigenvalue weighted by Gasteiger charge is -2.18. The van der Waals surface area contributed by atoms with Gasteiger partial charge in [0.25, 0.3) is 0 Å². The molecule has 0 atom stereocenters. The van der Waals surface area contributed by atoms with Crippen molar-refractivity contribution in [1.29, 1.82) is 0 Å². The van der Waals surface area contributed by atoms with E-state index >= 15 is 0 Å². The van der Waals surface area contributed by atoms with E-state index in [1.807, 2.05) is 13.0 Å². The lowest BCUT2D eigenvalue weighted by Crippen LogP contribution is -2.07. The zero-order valence-corrected chi connectivity index (χ0v) is 10.3. The summed E-state index contributed by atoms with van der Waals surface area (Å²) in [6.07, 6.45) is 2.29. The van der Waals surface area contributed by atoms with E-state index in [4.69, 9.17) is 4.74 Å². The first-order valence-electron chi connectivity index (χ1n) is 5.73. The molecule has 0 N–H and O–H groups in total. The van der Waals surface area contributed by atoms with Crippen molar-refractivity contribution in [1.82, 2.24) is 0 Å². The standard InChI is InChI=1S/C14H22O/c1-5-15-13-9-7-6-8-12(13)10-11-14(2,3)4/h6-9H,5,10-11H2,1-4H3. The van der Waals surface area contributed by atoms with Crippen LogP contribution in [0.15, 0.2) is 24.3 Å². The first-order chi connectivity index (χ1) is 7.03. The Kier molecular flexibility index (Phi) is 4.19. The minimum absolute atomic E-state index is 0.388. The molecular formula is C14H22O. The number of aryl methyl sites for hydroxylation is 1. The molecule has 0 unspecified atom stereocenters. The Morgan fingerprint density at radius 3 is 2.40 bits per heavy atom. The fraction of sp³-hybridized carbons (Fsp3) is 0.571. The van der Waals surface area contributed by atoms with Crippen LogP contribution in [-0.2, 0) is 6.42 Å². The van der Waals surface area contributed by atoms with Crippen LogP contribution in [0.2, 0.25) is 0 Å². The lowest BCUT2D eigenvalue weighted by atomic mass is 9.88. The molecule has 1 rings (SSSR count). The summed E-state index contributed by atoms with van der Waals surface area (Å²) in [7, 11) is 0. The second-order valence-electron chi connectivity index (χ2n) is 5.10. The van der Waals surface area contributed by atoms with Gasteiger partial charge in [0.1, 0.15) is 5.75 Å². The fourth-order valence-corrected chi connectivity index (χ4v) is 1.52. The zero-order chi connectivity index (χ0) is 11.3. The summed E-state index contributed by atoms with van der Waals surface area (Å²) in [6, 6.07) is 8.34. The van der Waals surface area contributed by atoms with E-state index in [2.05, 4.69) is 39.0 Å². The molecule has 0 aliphatic heterocycles. The molecule has 0 aromatic heterocycles. The van der Waals surface area contributed by atoms with Crippen molar-refractivity contribution in [2.45, 2.75) is 40.5 Å². The molecule has 0 heterocycles. The van der Waals surface area contributed by atoms with E-state index in [-0.39, 0.29) is 0 Å². The van der Waals surface area contributed by atoms with Gasteiger partial charge in [0.2, 0.25) is 0 Å². The molecule has 0 bridgehead atoms. The van der Waals surface area contributed by atoms with Gasteiger partial charge in [-0.2, -0.15) is 0 Å². The first-order valence-corrected chi connectivity index (χ1v) is 5.73. The molecule has 1 heteroatoms. The maximum absolute atomic E-state index is 5.60. The third-order valence-electron chi connectivity index (χ3n) is 2.42. The summed E-state index contributed by atoms with van der Waals surface area (Å²) in [6.45, 7) is 9.59. The van der Waals surface area contributed by atoms with Crippen LogP contribution in [-0.4, -0.2) is 6.61 Å². The van der Waals surface area contributed by atoms with Crippen LogP contribution in [0.25, 0.3) is 0 Å². The van der Waals surface area contributed by atoms with Gasteiger partial charge >= 0.3 is 0 Å². The van der Waals surface area contributed by atoms with Crippen LogP contribution < -0.4 is 4.74 Å². The Labute approximate surface area is 93.5 Å². The molecule has 1 aromatic carbocycles. The predicted octanol–water partition coefficient (Wildman–Crippen LogP) is 4.06. The van der Waals surface area contributed by atoms with Gasteiger partial charge in [-0.1, -0.05) is 39.0 Å². The summed E-state index contributed by atoms with van der Waals surface area (Å²) in [5, 5.41) is 0. The fourth-order valence-electron chi connectivity index (χ4n) is 1.52. The van der Waals surface area contributed by atoms with Crippen LogP contribution in [0.1, 0.15) is 39.7 Å². The Morgan fingerprint density at radius 1 is 1.13 bits per heavy atom. The lowest BCUT2D eigenvalue weighted by molar-refractivity contribution is 0.330. The van der Waals surface area contributed by atoms with E-state index in [0.717, 1.165) is 18.8 Å². The normalized spacial score (nSPS) is 11.5. The average Bonchev–Trinajstić information content (AvgIpc) is 2.16. The number of benzene rings is 1. The average molecular weight is 206 g/mol. The summed E-state index contributed by atoms with van der Waals surface area (Å²) in [4.78, 5) is 0. The SMILES string of the molecule is CCOc1ccccc1CCC(C)(C)C. The van der Waals surface area contributed by atoms with Gasteiger partial charge in [-0.05, 0) is 36.8 Å². The van der Waals surface area contributed by atoms with Crippen LogP contribution in [0.5, 0.6) is 5.75 Å². The largest absolute Gasteiger partial charge is 0.494 e. The van der Waals surface area contributed by atoms with Crippen LogP contribution in [0.3, 0.4) is 0 Å². The van der Waals surface area contributed by atoms with Crippen molar-refractivity contribution >= 4 is 0 Å². The number of ether oxygens (including phenoxy) is 1. The molecule has 0 saturated heterocycles. The quantitative estimate of drug-likeness (QED) is 0.721. The molecule has 15 heavy (non-hydrogen) atoms. The molecule has 0 aliphatic rings. The topological polar surface area (TPSA) is 9.23 Å². The van der Waals surface area contributed by atoms with Crippen molar-refractivity contribution in [2.75, 3.05) is 6.61 Å². The molecule has 1 nitrogen and oxygen atoms in total. The van der Waals surface area contributed by atoms with Gasteiger partial charge < -0.3 is 4.74 Å². The van der Waals surface area contributed by atoms with Crippen LogP contribution >= 0.6 is 0 Å². The third kappa shape index (κ3) is 4.37. The van der Waals surface area contributed by atoms with E-state index in [1.54, 1.807) is 0 Å². The van der Waals surface area contributed by atoms with Crippen LogP contribution in [0.4, 0.5) is 0 Å². The van der Waals surface area contributed by atoms with Gasteiger partial charge in [-0.15, -0.1) is 0 Å². The van der Waals surface area contributed by atoms with Gasteiger partial charge in [0.15, 0.2) is 0 Å². The third-order valence-corrected chi connectivity index (χ3v) is 2.42. The highest BCUT2D eigenvalue weighted by Gasteiger charge is 2.11.